The van der Waals surface area contributed by atoms with Crippen molar-refractivity contribution in [2.24, 2.45) is 5.92 Å². The van der Waals surface area contributed by atoms with Crippen LogP contribution in [0.5, 0.6) is 0 Å². The minimum absolute atomic E-state index is 0.0965. The van der Waals surface area contributed by atoms with Gasteiger partial charge in [-0.05, 0) is 62.7 Å². The van der Waals surface area contributed by atoms with Crippen molar-refractivity contribution in [2.75, 3.05) is 20.6 Å². The number of hydrogen-bond donors (Lipinski definition) is 0. The van der Waals surface area contributed by atoms with Crippen LogP contribution in [0, 0.1) is 11.7 Å². The molecule has 1 aliphatic rings. The van der Waals surface area contributed by atoms with E-state index in [1.807, 2.05) is 20.2 Å². The molecular weight excluding hydrogens is 253 g/mol. The van der Waals surface area contributed by atoms with Gasteiger partial charge in [-0.15, -0.1) is 0 Å². The Balaban J connectivity index is 2.20. The van der Waals surface area contributed by atoms with Crippen molar-refractivity contribution in [2.45, 2.75) is 25.7 Å². The molecule has 0 radical (unpaired) electrons. The molecule has 0 amide bonds. The summed E-state index contributed by atoms with van der Waals surface area (Å²) in [7, 11) is 4.00. The van der Waals surface area contributed by atoms with Crippen molar-refractivity contribution in [1.82, 2.24) is 4.90 Å². The number of benzene rings is 1. The highest BCUT2D eigenvalue weighted by atomic mass is 19.1. The lowest BCUT2D eigenvalue weighted by atomic mass is 9.94. The first kappa shape index (κ1) is 14.9. The predicted octanol–water partition coefficient (Wildman–Crippen LogP) is 3.53. The number of Topliss-reactive ketones (excluding diaryl/α,β-unsaturated/α-hetero) is 1. The summed E-state index contributed by atoms with van der Waals surface area (Å²) in [5.41, 5.74) is 1.79. The zero-order valence-electron chi connectivity index (χ0n) is 12.2. The van der Waals surface area contributed by atoms with Crippen LogP contribution in [0.1, 0.15) is 31.2 Å². The van der Waals surface area contributed by atoms with E-state index in [1.165, 1.54) is 12.1 Å². The van der Waals surface area contributed by atoms with Crippen LogP contribution in [0.15, 0.2) is 29.8 Å². The number of halogens is 1. The predicted molar refractivity (Wildman–Crippen MR) is 79.9 cm³/mol. The van der Waals surface area contributed by atoms with E-state index in [0.29, 0.717) is 0 Å². The monoisotopic (exact) mass is 275 g/mol. The van der Waals surface area contributed by atoms with Crippen LogP contribution in [0.4, 0.5) is 4.39 Å². The standard InChI is InChI=1S/C17H22FNO/c1-19(2)12-15-6-4-3-5-14(17(15)20)11-13-7-9-16(18)10-8-13/h7-11,15H,3-6,12H2,1-2H3/b14-11+. The summed E-state index contributed by atoms with van der Waals surface area (Å²) in [6, 6.07) is 6.32. The first-order chi connectivity index (χ1) is 9.56. The van der Waals surface area contributed by atoms with E-state index < -0.39 is 0 Å². The second-order valence-corrected chi connectivity index (χ2v) is 5.79. The molecule has 20 heavy (non-hydrogen) atoms. The average molecular weight is 275 g/mol. The number of allylic oxidation sites excluding steroid dienone is 1. The Hall–Kier alpha value is -1.48. The molecule has 0 N–H and O–H groups in total. The second-order valence-electron chi connectivity index (χ2n) is 5.79. The van der Waals surface area contributed by atoms with Gasteiger partial charge in [-0.1, -0.05) is 18.6 Å². The molecule has 0 aliphatic heterocycles. The van der Waals surface area contributed by atoms with E-state index in [0.717, 1.165) is 43.4 Å². The van der Waals surface area contributed by atoms with Gasteiger partial charge in [-0.3, -0.25) is 4.79 Å². The van der Waals surface area contributed by atoms with Crippen molar-refractivity contribution < 1.29 is 9.18 Å². The van der Waals surface area contributed by atoms with Crippen LogP contribution in [0.2, 0.25) is 0 Å². The Bertz CT molecular complexity index is 490. The number of carbonyl (C=O) groups excluding carboxylic acids is 1. The summed E-state index contributed by atoms with van der Waals surface area (Å²) in [5.74, 6) is 0.115. The molecule has 0 bridgehead atoms. The Morgan fingerprint density at radius 3 is 2.60 bits per heavy atom. The van der Waals surface area contributed by atoms with Crippen molar-refractivity contribution >= 4 is 11.9 Å². The fourth-order valence-electron chi connectivity index (χ4n) is 2.74. The van der Waals surface area contributed by atoms with Gasteiger partial charge in [0.1, 0.15) is 5.82 Å². The minimum atomic E-state index is -0.246. The molecule has 0 spiro atoms. The van der Waals surface area contributed by atoms with E-state index in [9.17, 15) is 9.18 Å². The Morgan fingerprint density at radius 1 is 1.25 bits per heavy atom. The first-order valence-electron chi connectivity index (χ1n) is 7.21. The summed E-state index contributed by atoms with van der Waals surface area (Å²) < 4.78 is 12.9. The van der Waals surface area contributed by atoms with Crippen molar-refractivity contribution in [1.29, 1.82) is 0 Å². The number of nitrogens with zero attached hydrogens (tertiary/aromatic N) is 1. The molecule has 1 aliphatic carbocycles. The molecular formula is C17H22FNO. The zero-order valence-corrected chi connectivity index (χ0v) is 12.2. The third-order valence-electron chi connectivity index (χ3n) is 3.73. The van der Waals surface area contributed by atoms with Gasteiger partial charge >= 0.3 is 0 Å². The summed E-state index contributed by atoms with van der Waals surface area (Å²) in [6.45, 7) is 0.805. The van der Waals surface area contributed by atoms with Crippen LogP contribution < -0.4 is 0 Å². The molecule has 1 fully saturated rings. The largest absolute Gasteiger partial charge is 0.309 e. The SMILES string of the molecule is CN(C)CC1CCCC/C(=C\c2ccc(F)cc2)C1=O. The third kappa shape index (κ3) is 4.01. The maximum atomic E-state index is 12.9. The maximum Gasteiger partial charge on any atom is 0.163 e. The lowest BCUT2D eigenvalue weighted by molar-refractivity contribution is -0.119. The molecule has 2 nitrogen and oxygen atoms in total. The van der Waals surface area contributed by atoms with E-state index >= 15 is 0 Å². The zero-order chi connectivity index (χ0) is 14.5. The van der Waals surface area contributed by atoms with E-state index in [-0.39, 0.29) is 17.5 Å². The molecule has 0 aromatic heterocycles. The summed E-state index contributed by atoms with van der Waals surface area (Å²) in [5, 5.41) is 0. The normalized spacial score (nSPS) is 22.3. The van der Waals surface area contributed by atoms with E-state index in [2.05, 4.69) is 4.90 Å². The molecule has 1 unspecified atom stereocenters. The molecule has 108 valence electrons. The quantitative estimate of drug-likeness (QED) is 0.621. The number of carbonyl (C=O) groups is 1. The summed E-state index contributed by atoms with van der Waals surface area (Å²) in [4.78, 5) is 14.7. The van der Waals surface area contributed by atoms with Gasteiger partial charge in [-0.25, -0.2) is 4.39 Å². The fourth-order valence-corrected chi connectivity index (χ4v) is 2.74. The van der Waals surface area contributed by atoms with Crippen LogP contribution >= 0.6 is 0 Å². The van der Waals surface area contributed by atoms with Crippen LogP contribution in [-0.2, 0) is 4.79 Å². The van der Waals surface area contributed by atoms with Crippen LogP contribution in [0.25, 0.3) is 6.08 Å². The molecule has 1 saturated carbocycles. The highest BCUT2D eigenvalue weighted by molar-refractivity contribution is 6.01. The number of rotatable bonds is 3. The maximum absolute atomic E-state index is 12.9. The van der Waals surface area contributed by atoms with E-state index in [1.54, 1.807) is 12.1 Å². The van der Waals surface area contributed by atoms with Gasteiger partial charge in [-0.2, -0.15) is 0 Å². The molecule has 3 heteroatoms. The second kappa shape index (κ2) is 6.80. The topological polar surface area (TPSA) is 20.3 Å². The lowest BCUT2D eigenvalue weighted by Crippen LogP contribution is -2.27. The molecule has 1 atom stereocenters. The highest BCUT2D eigenvalue weighted by Crippen LogP contribution is 2.26. The molecule has 1 aromatic carbocycles. The van der Waals surface area contributed by atoms with Gasteiger partial charge in [0.15, 0.2) is 5.78 Å². The summed E-state index contributed by atoms with van der Waals surface area (Å²) in [6.07, 6.45) is 5.89. The Labute approximate surface area is 120 Å². The molecule has 0 saturated heterocycles. The average Bonchev–Trinajstić information content (AvgIpc) is 2.56. The third-order valence-corrected chi connectivity index (χ3v) is 3.73. The van der Waals surface area contributed by atoms with E-state index in [4.69, 9.17) is 0 Å². The van der Waals surface area contributed by atoms with Crippen molar-refractivity contribution in [3.8, 4) is 0 Å². The molecule has 1 aromatic rings. The Morgan fingerprint density at radius 2 is 1.95 bits per heavy atom. The van der Waals surface area contributed by atoms with Gasteiger partial charge < -0.3 is 4.90 Å². The highest BCUT2D eigenvalue weighted by Gasteiger charge is 2.25. The fraction of sp³-hybridized carbons (Fsp3) is 0.471. The smallest absolute Gasteiger partial charge is 0.163 e. The van der Waals surface area contributed by atoms with Crippen LogP contribution in [0.3, 0.4) is 0 Å². The Kier molecular flexibility index (Phi) is 5.07. The van der Waals surface area contributed by atoms with Gasteiger partial charge in [0.25, 0.3) is 0 Å². The summed E-state index contributed by atoms with van der Waals surface area (Å²) >= 11 is 0. The van der Waals surface area contributed by atoms with Crippen molar-refractivity contribution in [3.05, 3.63) is 41.2 Å². The number of ketones is 1. The molecule has 2 rings (SSSR count). The first-order valence-corrected chi connectivity index (χ1v) is 7.21. The van der Waals surface area contributed by atoms with Gasteiger partial charge in [0.05, 0.1) is 0 Å². The van der Waals surface area contributed by atoms with Crippen LogP contribution in [-0.4, -0.2) is 31.3 Å². The van der Waals surface area contributed by atoms with Gasteiger partial charge in [0.2, 0.25) is 0 Å². The lowest BCUT2D eigenvalue weighted by Gasteiger charge is -2.18. The molecule has 0 heterocycles. The minimum Gasteiger partial charge on any atom is -0.309 e. The van der Waals surface area contributed by atoms with Crippen molar-refractivity contribution in [3.63, 3.8) is 0 Å². The number of hydrogen-bond acceptors (Lipinski definition) is 2. The van der Waals surface area contributed by atoms with Gasteiger partial charge in [0, 0.05) is 12.5 Å².